The molecule has 4 rings (SSSR count). The highest BCUT2D eigenvalue weighted by molar-refractivity contribution is 5.92. The van der Waals surface area contributed by atoms with Crippen molar-refractivity contribution in [3.63, 3.8) is 0 Å². The van der Waals surface area contributed by atoms with Crippen LogP contribution in [0.1, 0.15) is 47.5 Å². The third-order valence-corrected chi connectivity index (χ3v) is 3.99. The summed E-state index contributed by atoms with van der Waals surface area (Å²) in [6, 6.07) is 2.00. The van der Waals surface area contributed by atoms with Crippen LogP contribution in [-0.4, -0.2) is 44.0 Å². The zero-order chi connectivity index (χ0) is 13.5. The lowest BCUT2D eigenvalue weighted by molar-refractivity contribution is 0.0776. The number of nitrogens with zero attached hydrogens (tertiary/aromatic N) is 5. The predicted octanol–water partition coefficient (Wildman–Crippen LogP) is 1.23. The average Bonchev–Trinajstić information content (AvgIpc) is 2.97. The van der Waals surface area contributed by atoms with Gasteiger partial charge in [-0.15, -0.1) is 5.10 Å². The van der Waals surface area contributed by atoms with Gasteiger partial charge in [0.25, 0.3) is 5.91 Å². The van der Waals surface area contributed by atoms with E-state index in [0.717, 1.165) is 31.6 Å². The van der Waals surface area contributed by atoms with E-state index in [1.807, 2.05) is 10.9 Å². The summed E-state index contributed by atoms with van der Waals surface area (Å²) in [4.78, 5) is 14.2. The molecule has 2 aliphatic rings. The third kappa shape index (κ3) is 1.99. The van der Waals surface area contributed by atoms with Crippen molar-refractivity contribution in [3.05, 3.63) is 29.9 Å². The first-order valence-corrected chi connectivity index (χ1v) is 6.93. The Morgan fingerprint density at radius 3 is 3.00 bits per heavy atom. The summed E-state index contributed by atoms with van der Waals surface area (Å²) in [5.74, 6) is 1.27. The highest BCUT2D eigenvalue weighted by Gasteiger charge is 2.32. The Bertz CT molecular complexity index is 617. The molecule has 1 atom stereocenters. The van der Waals surface area contributed by atoms with Crippen LogP contribution in [0.25, 0.3) is 0 Å². The highest BCUT2D eigenvalue weighted by Crippen LogP contribution is 2.40. The largest absolute Gasteiger partial charge is 0.360 e. The van der Waals surface area contributed by atoms with E-state index < -0.39 is 0 Å². The first kappa shape index (κ1) is 11.6. The molecule has 1 aliphatic carbocycles. The number of aromatic nitrogens is 4. The molecule has 2 fully saturated rings. The molecule has 7 nitrogen and oxygen atoms in total. The summed E-state index contributed by atoms with van der Waals surface area (Å²) in [6.07, 6.45) is 6.66. The molecule has 0 N–H and O–H groups in total. The average molecular weight is 273 g/mol. The molecule has 0 bridgehead atoms. The number of hydrogen-bond donors (Lipinski definition) is 0. The fourth-order valence-electron chi connectivity index (χ4n) is 2.67. The van der Waals surface area contributed by atoms with Gasteiger partial charge in [-0.1, -0.05) is 10.4 Å². The van der Waals surface area contributed by atoms with E-state index in [9.17, 15) is 4.79 Å². The van der Waals surface area contributed by atoms with Crippen molar-refractivity contribution >= 4 is 5.91 Å². The molecule has 3 heterocycles. The van der Waals surface area contributed by atoms with E-state index in [0.29, 0.717) is 18.2 Å². The number of hydrogen-bond acceptors (Lipinski definition) is 5. The SMILES string of the molecule is O=C(c1cc(C2CC2)on1)N1CC[C@@H](n2ccnn2)C1. The van der Waals surface area contributed by atoms with Crippen molar-refractivity contribution in [1.82, 2.24) is 25.1 Å². The summed E-state index contributed by atoms with van der Waals surface area (Å²) in [5, 5.41) is 11.7. The molecule has 0 unspecified atom stereocenters. The number of rotatable bonds is 3. The smallest absolute Gasteiger partial charge is 0.276 e. The fraction of sp³-hybridized carbons (Fsp3) is 0.538. The molecule has 1 saturated heterocycles. The minimum Gasteiger partial charge on any atom is -0.360 e. The van der Waals surface area contributed by atoms with Crippen LogP contribution >= 0.6 is 0 Å². The second kappa shape index (κ2) is 4.43. The minimum atomic E-state index is -0.0525. The van der Waals surface area contributed by atoms with E-state index in [2.05, 4.69) is 15.5 Å². The first-order chi connectivity index (χ1) is 9.81. The quantitative estimate of drug-likeness (QED) is 0.840. The molecule has 1 aliphatic heterocycles. The lowest BCUT2D eigenvalue weighted by Gasteiger charge is -2.14. The molecular formula is C13H15N5O2. The molecule has 1 saturated carbocycles. The van der Waals surface area contributed by atoms with Crippen molar-refractivity contribution in [3.8, 4) is 0 Å². The Balaban J connectivity index is 1.46. The van der Waals surface area contributed by atoms with Crippen LogP contribution in [0.5, 0.6) is 0 Å². The minimum absolute atomic E-state index is 0.0525. The van der Waals surface area contributed by atoms with E-state index in [1.54, 1.807) is 17.2 Å². The summed E-state index contributed by atoms with van der Waals surface area (Å²) in [5.41, 5.74) is 0.422. The van der Waals surface area contributed by atoms with Gasteiger partial charge in [-0.2, -0.15) is 0 Å². The third-order valence-electron chi connectivity index (χ3n) is 3.99. The Kier molecular flexibility index (Phi) is 2.58. The zero-order valence-electron chi connectivity index (χ0n) is 11.0. The maximum absolute atomic E-state index is 12.4. The maximum Gasteiger partial charge on any atom is 0.276 e. The number of amides is 1. The summed E-state index contributed by atoms with van der Waals surface area (Å²) in [7, 11) is 0. The van der Waals surface area contributed by atoms with Crippen LogP contribution in [0.3, 0.4) is 0 Å². The van der Waals surface area contributed by atoms with Crippen molar-refractivity contribution in [2.45, 2.75) is 31.2 Å². The van der Waals surface area contributed by atoms with E-state index >= 15 is 0 Å². The van der Waals surface area contributed by atoms with Gasteiger partial charge < -0.3 is 9.42 Å². The fourth-order valence-corrected chi connectivity index (χ4v) is 2.67. The molecule has 0 aromatic carbocycles. The van der Waals surface area contributed by atoms with Crippen molar-refractivity contribution in [2.75, 3.05) is 13.1 Å². The van der Waals surface area contributed by atoms with E-state index in [-0.39, 0.29) is 11.9 Å². The van der Waals surface area contributed by atoms with Gasteiger partial charge >= 0.3 is 0 Å². The highest BCUT2D eigenvalue weighted by atomic mass is 16.5. The summed E-state index contributed by atoms with van der Waals surface area (Å²) >= 11 is 0. The van der Waals surface area contributed by atoms with Crippen LogP contribution in [0.4, 0.5) is 0 Å². The first-order valence-electron chi connectivity index (χ1n) is 6.93. The van der Waals surface area contributed by atoms with Gasteiger partial charge in [0.15, 0.2) is 5.69 Å². The molecule has 7 heteroatoms. The Morgan fingerprint density at radius 2 is 2.25 bits per heavy atom. The van der Waals surface area contributed by atoms with Gasteiger partial charge in [0, 0.05) is 31.3 Å². The monoisotopic (exact) mass is 273 g/mol. The topological polar surface area (TPSA) is 77.0 Å². The van der Waals surface area contributed by atoms with Gasteiger partial charge in [-0.05, 0) is 19.3 Å². The van der Waals surface area contributed by atoms with Crippen LogP contribution in [0, 0.1) is 0 Å². The molecule has 20 heavy (non-hydrogen) atoms. The Labute approximate surface area is 115 Å². The summed E-state index contributed by atoms with van der Waals surface area (Å²) in [6.45, 7) is 1.36. The normalized spacial score (nSPS) is 22.4. The number of carbonyl (C=O) groups is 1. The maximum atomic E-state index is 12.4. The van der Waals surface area contributed by atoms with Crippen LogP contribution < -0.4 is 0 Å². The molecule has 2 aromatic heterocycles. The molecule has 1 amide bonds. The molecule has 0 spiro atoms. The van der Waals surface area contributed by atoms with Crippen LogP contribution in [0.2, 0.25) is 0 Å². The van der Waals surface area contributed by atoms with Crippen molar-refractivity contribution < 1.29 is 9.32 Å². The van der Waals surface area contributed by atoms with Gasteiger partial charge in [0.05, 0.1) is 12.2 Å². The van der Waals surface area contributed by atoms with Crippen LogP contribution in [-0.2, 0) is 0 Å². The predicted molar refractivity (Wildman–Crippen MR) is 68.1 cm³/mol. The standard InChI is InChI=1S/C13H15N5O2/c19-13(11-7-12(20-15-11)9-1-2-9)17-5-3-10(8-17)18-6-4-14-16-18/h4,6-7,9-10H,1-3,5,8H2/t10-/m1/s1. The van der Waals surface area contributed by atoms with Crippen LogP contribution in [0.15, 0.2) is 23.0 Å². The second-order valence-corrected chi connectivity index (χ2v) is 5.47. The van der Waals surface area contributed by atoms with E-state index in [4.69, 9.17) is 4.52 Å². The Morgan fingerprint density at radius 1 is 1.35 bits per heavy atom. The van der Waals surface area contributed by atoms with Gasteiger partial charge in [-0.25, -0.2) is 4.68 Å². The van der Waals surface area contributed by atoms with Gasteiger partial charge in [0.2, 0.25) is 0 Å². The summed E-state index contributed by atoms with van der Waals surface area (Å²) < 4.78 is 7.05. The Hall–Kier alpha value is -2.18. The molecular weight excluding hydrogens is 258 g/mol. The number of likely N-dealkylation sites (tertiary alicyclic amines) is 1. The number of carbonyl (C=O) groups excluding carboxylic acids is 1. The second-order valence-electron chi connectivity index (χ2n) is 5.47. The lowest BCUT2D eigenvalue weighted by atomic mass is 10.2. The van der Waals surface area contributed by atoms with Crippen molar-refractivity contribution in [1.29, 1.82) is 0 Å². The molecule has 2 aromatic rings. The zero-order valence-corrected chi connectivity index (χ0v) is 11.0. The molecule has 104 valence electrons. The lowest BCUT2D eigenvalue weighted by Crippen LogP contribution is -2.29. The van der Waals surface area contributed by atoms with Crippen molar-refractivity contribution in [2.24, 2.45) is 0 Å². The molecule has 0 radical (unpaired) electrons. The van der Waals surface area contributed by atoms with Gasteiger partial charge in [0.1, 0.15) is 5.76 Å². The van der Waals surface area contributed by atoms with Gasteiger partial charge in [-0.3, -0.25) is 4.79 Å². The van der Waals surface area contributed by atoms with E-state index in [1.165, 1.54) is 0 Å².